The molecule has 2 aromatic rings. The number of rotatable bonds is 7. The van der Waals surface area contributed by atoms with Crippen LogP contribution in [-0.4, -0.2) is 49.5 Å². The second kappa shape index (κ2) is 11.1. The summed E-state index contributed by atoms with van der Waals surface area (Å²) >= 11 is 0. The largest absolute Gasteiger partial charge is 0.495 e. The van der Waals surface area contributed by atoms with Crippen molar-refractivity contribution in [3.8, 4) is 5.75 Å². The molecule has 1 N–H and O–H groups in total. The molecule has 0 unspecified atom stereocenters. The smallest absolute Gasteiger partial charge is 0.309 e. The highest BCUT2D eigenvalue weighted by Crippen LogP contribution is 2.25. The number of anilines is 1. The fraction of sp³-hybridized carbons (Fsp3) is 0.320. The van der Waals surface area contributed by atoms with Crippen molar-refractivity contribution in [3.05, 3.63) is 65.7 Å². The van der Waals surface area contributed by atoms with Crippen molar-refractivity contribution >= 4 is 29.5 Å². The second-order valence-electron chi connectivity index (χ2n) is 7.70. The Hall–Kier alpha value is -3.61. The van der Waals surface area contributed by atoms with Gasteiger partial charge in [0.2, 0.25) is 5.91 Å². The average Bonchev–Trinajstić information content (AvgIpc) is 2.82. The molecule has 2 aromatic carbocycles. The van der Waals surface area contributed by atoms with Crippen molar-refractivity contribution in [1.29, 1.82) is 0 Å². The van der Waals surface area contributed by atoms with Gasteiger partial charge in [0, 0.05) is 19.2 Å². The van der Waals surface area contributed by atoms with Gasteiger partial charge in [0.05, 0.1) is 18.7 Å². The Bertz CT molecular complexity index is 979. The van der Waals surface area contributed by atoms with Gasteiger partial charge in [-0.25, -0.2) is 0 Å². The minimum atomic E-state index is -0.430. The molecule has 7 nitrogen and oxygen atoms in total. The van der Waals surface area contributed by atoms with E-state index in [1.807, 2.05) is 43.3 Å². The SMILES string of the molecule is COc1ccc(C)cc1NC(=O)COC(=O)C1CCN(C(=O)/C=C/c2ccccc2)CC1. The van der Waals surface area contributed by atoms with E-state index in [1.165, 1.54) is 7.11 Å². The Kier molecular flexibility index (Phi) is 8.02. The van der Waals surface area contributed by atoms with Crippen LogP contribution in [0.2, 0.25) is 0 Å². The van der Waals surface area contributed by atoms with Gasteiger partial charge >= 0.3 is 5.97 Å². The third-order valence-electron chi connectivity index (χ3n) is 5.33. The lowest BCUT2D eigenvalue weighted by Crippen LogP contribution is -2.40. The van der Waals surface area contributed by atoms with Crippen molar-refractivity contribution < 1.29 is 23.9 Å². The number of hydrogen-bond donors (Lipinski definition) is 1. The molecule has 1 aliphatic heterocycles. The van der Waals surface area contributed by atoms with E-state index in [0.29, 0.717) is 37.4 Å². The average molecular weight is 437 g/mol. The first-order valence-corrected chi connectivity index (χ1v) is 10.6. The summed E-state index contributed by atoms with van der Waals surface area (Å²) < 4.78 is 10.4. The maximum absolute atomic E-state index is 12.4. The molecule has 1 fully saturated rings. The van der Waals surface area contributed by atoms with Crippen LogP contribution in [0.3, 0.4) is 0 Å². The number of hydrogen-bond acceptors (Lipinski definition) is 5. The molecule has 0 bridgehead atoms. The Labute approximate surface area is 188 Å². The van der Waals surface area contributed by atoms with Gasteiger partial charge in [0.15, 0.2) is 6.61 Å². The zero-order valence-corrected chi connectivity index (χ0v) is 18.4. The Morgan fingerprint density at radius 3 is 2.50 bits per heavy atom. The summed E-state index contributed by atoms with van der Waals surface area (Å²) in [6.07, 6.45) is 4.36. The Morgan fingerprint density at radius 2 is 1.81 bits per heavy atom. The van der Waals surface area contributed by atoms with Crippen LogP contribution in [0.1, 0.15) is 24.0 Å². The summed E-state index contributed by atoms with van der Waals surface area (Å²) in [7, 11) is 1.52. The van der Waals surface area contributed by atoms with Crippen LogP contribution < -0.4 is 10.1 Å². The number of piperidine rings is 1. The van der Waals surface area contributed by atoms with Crippen LogP contribution in [0.25, 0.3) is 6.08 Å². The predicted octanol–water partition coefficient (Wildman–Crippen LogP) is 3.44. The van der Waals surface area contributed by atoms with E-state index in [9.17, 15) is 14.4 Å². The molecule has 1 heterocycles. The monoisotopic (exact) mass is 436 g/mol. The fourth-order valence-electron chi connectivity index (χ4n) is 3.53. The fourth-order valence-corrected chi connectivity index (χ4v) is 3.53. The first kappa shape index (κ1) is 23.1. The zero-order valence-electron chi connectivity index (χ0n) is 18.4. The van der Waals surface area contributed by atoms with E-state index in [0.717, 1.165) is 11.1 Å². The van der Waals surface area contributed by atoms with E-state index in [2.05, 4.69) is 5.32 Å². The van der Waals surface area contributed by atoms with Gasteiger partial charge in [0.25, 0.3) is 5.91 Å². The lowest BCUT2D eigenvalue weighted by atomic mass is 9.97. The molecule has 32 heavy (non-hydrogen) atoms. The van der Waals surface area contributed by atoms with Gasteiger partial charge in [-0.1, -0.05) is 36.4 Å². The van der Waals surface area contributed by atoms with Crippen LogP contribution in [0.4, 0.5) is 5.69 Å². The standard InChI is InChI=1S/C25H28N2O5/c1-18-8-10-22(31-2)21(16-18)26-23(28)17-32-25(30)20-12-14-27(15-13-20)24(29)11-9-19-6-4-3-5-7-19/h3-11,16,20H,12-15,17H2,1-2H3,(H,26,28)/b11-9+. The Balaban J connectivity index is 1.42. The summed E-state index contributed by atoms with van der Waals surface area (Å²) in [6.45, 7) is 2.49. The summed E-state index contributed by atoms with van der Waals surface area (Å²) in [6, 6.07) is 15.0. The third kappa shape index (κ3) is 6.44. The molecular weight excluding hydrogens is 408 g/mol. The van der Waals surface area contributed by atoms with Gasteiger partial charge in [-0.05, 0) is 49.1 Å². The van der Waals surface area contributed by atoms with Crippen molar-refractivity contribution in [2.75, 3.05) is 32.1 Å². The number of amides is 2. The van der Waals surface area contributed by atoms with Gasteiger partial charge in [-0.3, -0.25) is 14.4 Å². The first-order chi connectivity index (χ1) is 15.5. The highest BCUT2D eigenvalue weighted by Gasteiger charge is 2.28. The number of carbonyl (C=O) groups excluding carboxylic acids is 3. The van der Waals surface area contributed by atoms with Crippen LogP contribution in [-0.2, 0) is 19.1 Å². The normalized spacial score (nSPS) is 14.2. The number of methoxy groups -OCH3 is 1. The number of likely N-dealkylation sites (tertiary alicyclic amines) is 1. The summed E-state index contributed by atoms with van der Waals surface area (Å²) in [5.74, 6) is -0.705. The van der Waals surface area contributed by atoms with Crippen molar-refractivity contribution in [2.45, 2.75) is 19.8 Å². The number of esters is 1. The number of ether oxygens (including phenoxy) is 2. The number of nitrogens with one attached hydrogen (secondary N) is 1. The van der Waals surface area contributed by atoms with E-state index in [-0.39, 0.29) is 18.4 Å². The predicted molar refractivity (Wildman–Crippen MR) is 122 cm³/mol. The molecule has 0 atom stereocenters. The lowest BCUT2D eigenvalue weighted by Gasteiger charge is -2.30. The molecule has 0 aromatic heterocycles. The molecule has 0 saturated carbocycles. The molecule has 168 valence electrons. The van der Waals surface area contributed by atoms with Crippen molar-refractivity contribution in [3.63, 3.8) is 0 Å². The molecule has 3 rings (SSSR count). The van der Waals surface area contributed by atoms with E-state index in [4.69, 9.17) is 9.47 Å². The van der Waals surface area contributed by atoms with E-state index >= 15 is 0 Å². The first-order valence-electron chi connectivity index (χ1n) is 10.6. The maximum Gasteiger partial charge on any atom is 0.309 e. The number of benzene rings is 2. The van der Waals surface area contributed by atoms with Gasteiger partial charge in [0.1, 0.15) is 5.75 Å². The number of carbonyl (C=O) groups is 3. The topological polar surface area (TPSA) is 84.9 Å². The summed E-state index contributed by atoms with van der Waals surface area (Å²) in [5.41, 5.74) is 2.46. The molecule has 0 aliphatic carbocycles. The molecule has 0 radical (unpaired) electrons. The van der Waals surface area contributed by atoms with Gasteiger partial charge in [-0.2, -0.15) is 0 Å². The Morgan fingerprint density at radius 1 is 1.09 bits per heavy atom. The van der Waals surface area contributed by atoms with Crippen LogP contribution in [0, 0.1) is 12.8 Å². The van der Waals surface area contributed by atoms with Crippen LogP contribution in [0.5, 0.6) is 5.75 Å². The number of nitrogens with zero attached hydrogens (tertiary/aromatic N) is 1. The molecular formula is C25H28N2O5. The molecule has 1 aliphatic rings. The van der Waals surface area contributed by atoms with Crippen LogP contribution >= 0.6 is 0 Å². The zero-order chi connectivity index (χ0) is 22.9. The highest BCUT2D eigenvalue weighted by atomic mass is 16.5. The quantitative estimate of drug-likeness (QED) is 0.531. The van der Waals surface area contributed by atoms with E-state index in [1.54, 1.807) is 29.2 Å². The molecule has 2 amide bonds. The molecule has 0 spiro atoms. The van der Waals surface area contributed by atoms with E-state index < -0.39 is 11.9 Å². The van der Waals surface area contributed by atoms with Gasteiger partial charge < -0.3 is 19.7 Å². The lowest BCUT2D eigenvalue weighted by molar-refractivity contribution is -0.153. The second-order valence-corrected chi connectivity index (χ2v) is 7.70. The summed E-state index contributed by atoms with van der Waals surface area (Å²) in [4.78, 5) is 38.7. The van der Waals surface area contributed by atoms with Crippen molar-refractivity contribution in [2.24, 2.45) is 5.92 Å². The van der Waals surface area contributed by atoms with Crippen molar-refractivity contribution in [1.82, 2.24) is 4.90 Å². The number of aryl methyl sites for hydroxylation is 1. The third-order valence-corrected chi connectivity index (χ3v) is 5.33. The highest BCUT2D eigenvalue weighted by molar-refractivity contribution is 5.94. The van der Waals surface area contributed by atoms with Crippen LogP contribution in [0.15, 0.2) is 54.6 Å². The maximum atomic E-state index is 12.4. The minimum Gasteiger partial charge on any atom is -0.495 e. The molecule has 7 heteroatoms. The van der Waals surface area contributed by atoms with Gasteiger partial charge in [-0.15, -0.1) is 0 Å². The molecule has 1 saturated heterocycles. The minimum absolute atomic E-state index is 0.0767. The summed E-state index contributed by atoms with van der Waals surface area (Å²) in [5, 5.41) is 2.71.